The van der Waals surface area contributed by atoms with Gasteiger partial charge in [0.25, 0.3) is 0 Å². The summed E-state index contributed by atoms with van der Waals surface area (Å²) in [4.78, 5) is 8.68. The van der Waals surface area contributed by atoms with E-state index in [2.05, 4.69) is 20.6 Å². The number of aliphatic hydroxyl groups is 2. The second kappa shape index (κ2) is 5.42. The van der Waals surface area contributed by atoms with Crippen molar-refractivity contribution >= 4 is 11.8 Å². The summed E-state index contributed by atoms with van der Waals surface area (Å²) in [5, 5.41) is 26.5. The highest BCUT2D eigenvalue weighted by atomic mass is 16.3. The Morgan fingerprint density at radius 2 is 1.62 bits per heavy atom. The third-order valence-electron chi connectivity index (χ3n) is 4.70. The van der Waals surface area contributed by atoms with E-state index in [9.17, 15) is 10.2 Å². The fourth-order valence-electron chi connectivity index (χ4n) is 2.72. The van der Waals surface area contributed by atoms with E-state index in [1.165, 1.54) is 0 Å². The topological polar surface area (TPSA) is 90.3 Å². The molecule has 2 aliphatic carbocycles. The van der Waals surface area contributed by atoms with Gasteiger partial charge in [0.1, 0.15) is 5.82 Å². The van der Waals surface area contributed by atoms with Gasteiger partial charge in [-0.3, -0.25) is 0 Å². The fourth-order valence-corrected chi connectivity index (χ4v) is 2.72. The summed E-state index contributed by atoms with van der Waals surface area (Å²) in [5.74, 6) is 1.26. The summed E-state index contributed by atoms with van der Waals surface area (Å²) in [6.07, 6.45) is 7.30. The van der Waals surface area contributed by atoms with Crippen molar-refractivity contribution in [2.75, 3.05) is 23.7 Å². The van der Waals surface area contributed by atoms with Crippen LogP contribution in [0, 0.1) is 6.92 Å². The summed E-state index contributed by atoms with van der Waals surface area (Å²) in [6, 6.07) is 0. The zero-order valence-corrected chi connectivity index (χ0v) is 12.5. The molecule has 0 bridgehead atoms. The van der Waals surface area contributed by atoms with Crippen LogP contribution in [0.1, 0.15) is 44.1 Å². The normalized spacial score (nSPS) is 22.0. The van der Waals surface area contributed by atoms with Crippen molar-refractivity contribution in [2.24, 2.45) is 0 Å². The van der Waals surface area contributed by atoms with Crippen molar-refractivity contribution in [3.63, 3.8) is 0 Å². The van der Waals surface area contributed by atoms with E-state index in [1.807, 2.05) is 6.92 Å². The lowest BCUT2D eigenvalue weighted by Gasteiger charge is -2.37. The van der Waals surface area contributed by atoms with Gasteiger partial charge in [0.05, 0.1) is 11.2 Å². The molecule has 4 N–H and O–H groups in total. The van der Waals surface area contributed by atoms with E-state index in [0.29, 0.717) is 19.0 Å². The zero-order chi connectivity index (χ0) is 14.9. The van der Waals surface area contributed by atoms with Crippen LogP contribution in [0.4, 0.5) is 11.8 Å². The maximum atomic E-state index is 10.1. The van der Waals surface area contributed by atoms with Crippen molar-refractivity contribution < 1.29 is 10.2 Å². The highest BCUT2D eigenvalue weighted by Gasteiger charge is 2.35. The molecule has 6 heteroatoms. The average molecular weight is 292 g/mol. The number of nitrogens with one attached hydrogen (secondary N) is 2. The van der Waals surface area contributed by atoms with Crippen molar-refractivity contribution in [3.8, 4) is 0 Å². The van der Waals surface area contributed by atoms with E-state index in [-0.39, 0.29) is 0 Å². The average Bonchev–Trinajstić information content (AvgIpc) is 2.41. The van der Waals surface area contributed by atoms with E-state index in [1.54, 1.807) is 6.20 Å². The molecule has 0 atom stereocenters. The van der Waals surface area contributed by atoms with Gasteiger partial charge < -0.3 is 20.8 Å². The standard InChI is InChI=1S/C15H24N4O2/c1-11-8-16-13(18-10-15(21)6-3-7-15)19-12(11)17-9-14(20)4-2-5-14/h8,20-21H,2-7,9-10H2,1H3,(H2,16,17,18,19). The molecule has 0 aliphatic heterocycles. The Hall–Kier alpha value is -1.40. The van der Waals surface area contributed by atoms with E-state index in [0.717, 1.165) is 49.9 Å². The number of nitrogens with zero attached hydrogens (tertiary/aromatic N) is 2. The van der Waals surface area contributed by atoms with Crippen LogP contribution >= 0.6 is 0 Å². The number of anilines is 2. The Morgan fingerprint density at radius 1 is 1.05 bits per heavy atom. The molecule has 2 aliphatic rings. The second-order valence-corrected chi connectivity index (χ2v) is 6.59. The predicted octanol–water partition coefficient (Wildman–Crippen LogP) is 1.44. The maximum Gasteiger partial charge on any atom is 0.224 e. The van der Waals surface area contributed by atoms with Crippen molar-refractivity contribution in [1.82, 2.24) is 9.97 Å². The minimum atomic E-state index is -0.594. The van der Waals surface area contributed by atoms with Gasteiger partial charge in [0.2, 0.25) is 5.95 Å². The number of aromatic nitrogens is 2. The van der Waals surface area contributed by atoms with Crippen LogP contribution in [-0.4, -0.2) is 44.5 Å². The quantitative estimate of drug-likeness (QED) is 0.634. The molecule has 2 saturated carbocycles. The van der Waals surface area contributed by atoms with Crippen LogP contribution in [-0.2, 0) is 0 Å². The minimum absolute atomic E-state index is 0.486. The molecule has 3 rings (SSSR count). The summed E-state index contributed by atoms with van der Waals surface area (Å²) in [6.45, 7) is 2.95. The first-order valence-electron chi connectivity index (χ1n) is 7.74. The Balaban J connectivity index is 1.59. The maximum absolute atomic E-state index is 10.1. The summed E-state index contributed by atoms with van der Waals surface area (Å²) < 4.78 is 0. The molecule has 1 heterocycles. The van der Waals surface area contributed by atoms with E-state index >= 15 is 0 Å². The lowest BCUT2D eigenvalue weighted by atomic mass is 9.80. The highest BCUT2D eigenvalue weighted by molar-refractivity contribution is 5.46. The molecule has 6 nitrogen and oxygen atoms in total. The van der Waals surface area contributed by atoms with Gasteiger partial charge in [-0.25, -0.2) is 4.98 Å². The molecule has 0 spiro atoms. The third-order valence-corrected chi connectivity index (χ3v) is 4.70. The molecule has 0 radical (unpaired) electrons. The Bertz CT molecular complexity index is 512. The van der Waals surface area contributed by atoms with Gasteiger partial charge in [-0.05, 0) is 45.4 Å². The van der Waals surface area contributed by atoms with E-state index < -0.39 is 11.2 Å². The fraction of sp³-hybridized carbons (Fsp3) is 0.733. The molecule has 1 aromatic heterocycles. The molecular formula is C15H24N4O2. The molecule has 21 heavy (non-hydrogen) atoms. The van der Waals surface area contributed by atoms with Gasteiger partial charge in [0.15, 0.2) is 0 Å². The number of aryl methyl sites for hydroxylation is 1. The number of rotatable bonds is 6. The monoisotopic (exact) mass is 292 g/mol. The smallest absolute Gasteiger partial charge is 0.224 e. The van der Waals surface area contributed by atoms with Crippen LogP contribution in [0.25, 0.3) is 0 Å². The van der Waals surface area contributed by atoms with Crippen LogP contribution in [0.3, 0.4) is 0 Å². The van der Waals surface area contributed by atoms with Gasteiger partial charge in [-0.15, -0.1) is 0 Å². The second-order valence-electron chi connectivity index (χ2n) is 6.59. The van der Waals surface area contributed by atoms with Crippen LogP contribution < -0.4 is 10.6 Å². The first kappa shape index (κ1) is 14.5. The Kier molecular flexibility index (Phi) is 3.75. The molecule has 0 saturated heterocycles. The van der Waals surface area contributed by atoms with Crippen LogP contribution in [0.15, 0.2) is 6.20 Å². The Labute approximate surface area is 125 Å². The largest absolute Gasteiger partial charge is 0.388 e. The van der Waals surface area contributed by atoms with Gasteiger partial charge in [-0.2, -0.15) is 4.98 Å². The predicted molar refractivity (Wildman–Crippen MR) is 81.4 cm³/mol. The van der Waals surface area contributed by atoms with Gasteiger partial charge >= 0.3 is 0 Å². The summed E-state index contributed by atoms with van der Waals surface area (Å²) >= 11 is 0. The third kappa shape index (κ3) is 3.27. The van der Waals surface area contributed by atoms with Crippen molar-refractivity contribution in [1.29, 1.82) is 0 Å². The Morgan fingerprint density at radius 3 is 2.14 bits per heavy atom. The lowest BCUT2D eigenvalue weighted by Crippen LogP contribution is -2.44. The van der Waals surface area contributed by atoms with Gasteiger partial charge in [-0.1, -0.05) is 0 Å². The molecule has 116 valence electrons. The lowest BCUT2D eigenvalue weighted by molar-refractivity contribution is -0.0205. The SMILES string of the molecule is Cc1cnc(NCC2(O)CCC2)nc1NCC1(O)CCC1. The first-order valence-corrected chi connectivity index (χ1v) is 7.74. The first-order chi connectivity index (χ1) is 9.98. The molecular weight excluding hydrogens is 268 g/mol. The molecule has 0 aromatic carbocycles. The highest BCUT2D eigenvalue weighted by Crippen LogP contribution is 2.32. The molecule has 0 unspecified atom stereocenters. The van der Waals surface area contributed by atoms with Crippen LogP contribution in [0.5, 0.6) is 0 Å². The zero-order valence-electron chi connectivity index (χ0n) is 12.5. The number of hydrogen-bond acceptors (Lipinski definition) is 6. The van der Waals surface area contributed by atoms with Crippen molar-refractivity contribution in [2.45, 2.75) is 56.7 Å². The van der Waals surface area contributed by atoms with Gasteiger partial charge in [0, 0.05) is 24.8 Å². The van der Waals surface area contributed by atoms with E-state index in [4.69, 9.17) is 0 Å². The van der Waals surface area contributed by atoms with Crippen LogP contribution in [0.2, 0.25) is 0 Å². The molecule has 1 aromatic rings. The minimum Gasteiger partial charge on any atom is -0.388 e. The molecule has 0 amide bonds. The molecule has 2 fully saturated rings. The number of hydrogen-bond donors (Lipinski definition) is 4. The van der Waals surface area contributed by atoms with Crippen molar-refractivity contribution in [3.05, 3.63) is 11.8 Å². The summed E-state index contributed by atoms with van der Waals surface area (Å²) in [5.41, 5.74) is -0.222. The summed E-state index contributed by atoms with van der Waals surface area (Å²) in [7, 11) is 0.